The van der Waals surface area contributed by atoms with Crippen LogP contribution in [-0.4, -0.2) is 13.1 Å². The van der Waals surface area contributed by atoms with Crippen molar-refractivity contribution in [2.45, 2.75) is 13.0 Å². The molecule has 0 saturated carbocycles. The Balaban J connectivity index is 2.28. The van der Waals surface area contributed by atoms with Gasteiger partial charge in [-0.2, -0.15) is 0 Å². The summed E-state index contributed by atoms with van der Waals surface area (Å²) >= 11 is 0. The molecule has 0 aliphatic carbocycles. The van der Waals surface area contributed by atoms with Gasteiger partial charge < -0.3 is 15.2 Å². The van der Waals surface area contributed by atoms with E-state index in [1.54, 1.807) is 18.2 Å². The van der Waals surface area contributed by atoms with Gasteiger partial charge in [0.05, 0.1) is 7.11 Å². The van der Waals surface area contributed by atoms with Gasteiger partial charge in [-0.15, -0.1) is 0 Å². The van der Waals surface area contributed by atoms with Crippen molar-refractivity contribution in [3.63, 3.8) is 0 Å². The van der Waals surface area contributed by atoms with Crippen molar-refractivity contribution in [1.82, 2.24) is 0 Å². The number of ether oxygens (including phenoxy) is 2. The lowest BCUT2D eigenvalue weighted by atomic mass is 10.1. The summed E-state index contributed by atoms with van der Waals surface area (Å²) in [5, 5.41) is 0. The molecular formula is C16H17NO3. The lowest BCUT2D eigenvalue weighted by molar-refractivity contribution is 0.0593. The second-order valence-electron chi connectivity index (χ2n) is 4.42. The van der Waals surface area contributed by atoms with Gasteiger partial charge in [-0.3, -0.25) is 0 Å². The topological polar surface area (TPSA) is 61.5 Å². The largest absolute Gasteiger partial charge is 0.485 e. The number of carbonyl (C=O) groups excluding carboxylic acids is 1. The lowest BCUT2D eigenvalue weighted by Crippen LogP contribution is -2.09. The molecule has 1 unspecified atom stereocenters. The highest BCUT2D eigenvalue weighted by molar-refractivity contribution is 5.93. The Morgan fingerprint density at radius 2 is 1.85 bits per heavy atom. The van der Waals surface area contributed by atoms with Gasteiger partial charge in [0, 0.05) is 11.8 Å². The zero-order chi connectivity index (χ0) is 14.5. The molecule has 0 aliphatic rings. The summed E-state index contributed by atoms with van der Waals surface area (Å²) in [7, 11) is 1.34. The number of nitrogens with two attached hydrogens (primary N) is 1. The van der Waals surface area contributed by atoms with Gasteiger partial charge in [-0.05, 0) is 24.6 Å². The minimum atomic E-state index is -0.444. The first kappa shape index (κ1) is 13.9. The molecule has 2 aromatic carbocycles. The van der Waals surface area contributed by atoms with Gasteiger partial charge in [-0.25, -0.2) is 4.79 Å². The number of methoxy groups -OCH3 is 1. The van der Waals surface area contributed by atoms with E-state index in [0.29, 0.717) is 17.0 Å². The maximum atomic E-state index is 11.7. The molecule has 0 spiro atoms. The molecule has 20 heavy (non-hydrogen) atoms. The van der Waals surface area contributed by atoms with Crippen LogP contribution in [0.2, 0.25) is 0 Å². The molecule has 2 aromatic rings. The van der Waals surface area contributed by atoms with Gasteiger partial charge in [0.25, 0.3) is 0 Å². The molecule has 0 saturated heterocycles. The van der Waals surface area contributed by atoms with Crippen LogP contribution in [0.3, 0.4) is 0 Å². The smallest absolute Gasteiger partial charge is 0.341 e. The van der Waals surface area contributed by atoms with Crippen molar-refractivity contribution in [1.29, 1.82) is 0 Å². The second-order valence-corrected chi connectivity index (χ2v) is 4.42. The summed E-state index contributed by atoms with van der Waals surface area (Å²) < 4.78 is 10.6. The average molecular weight is 271 g/mol. The van der Waals surface area contributed by atoms with Gasteiger partial charge >= 0.3 is 5.97 Å². The fourth-order valence-electron chi connectivity index (χ4n) is 1.90. The van der Waals surface area contributed by atoms with Crippen molar-refractivity contribution in [3.8, 4) is 5.75 Å². The number of anilines is 1. The van der Waals surface area contributed by atoms with Crippen molar-refractivity contribution < 1.29 is 14.3 Å². The molecule has 0 aromatic heterocycles. The number of hydrogen-bond donors (Lipinski definition) is 1. The van der Waals surface area contributed by atoms with E-state index in [1.165, 1.54) is 7.11 Å². The summed E-state index contributed by atoms with van der Waals surface area (Å²) in [6, 6.07) is 14.6. The zero-order valence-electron chi connectivity index (χ0n) is 11.5. The van der Waals surface area contributed by atoms with Crippen LogP contribution in [0.4, 0.5) is 5.69 Å². The van der Waals surface area contributed by atoms with Crippen LogP contribution in [0.15, 0.2) is 48.5 Å². The first-order chi connectivity index (χ1) is 9.61. The van der Waals surface area contributed by atoms with E-state index < -0.39 is 5.97 Å². The molecular weight excluding hydrogens is 254 g/mol. The summed E-state index contributed by atoms with van der Waals surface area (Å²) in [4.78, 5) is 11.7. The van der Waals surface area contributed by atoms with E-state index in [4.69, 9.17) is 15.2 Å². The molecule has 0 bridgehead atoms. The van der Waals surface area contributed by atoms with Crippen LogP contribution in [0.1, 0.15) is 28.9 Å². The van der Waals surface area contributed by atoms with Gasteiger partial charge in [-0.1, -0.05) is 30.3 Å². The SMILES string of the molecule is COC(=O)c1ccc(N)cc1OC(C)c1ccccc1. The molecule has 4 heteroatoms. The summed E-state index contributed by atoms with van der Waals surface area (Å²) in [5.74, 6) is -0.0199. The molecule has 104 valence electrons. The highest BCUT2D eigenvalue weighted by Crippen LogP contribution is 2.27. The molecule has 0 amide bonds. The molecule has 2 rings (SSSR count). The van der Waals surface area contributed by atoms with Crippen LogP contribution in [-0.2, 0) is 4.74 Å². The van der Waals surface area contributed by atoms with Gasteiger partial charge in [0.15, 0.2) is 0 Å². The second kappa shape index (κ2) is 6.10. The molecule has 2 N–H and O–H groups in total. The molecule has 1 atom stereocenters. The van der Waals surface area contributed by atoms with Gasteiger partial charge in [0.2, 0.25) is 0 Å². The Bertz CT molecular complexity index is 596. The fourth-order valence-corrected chi connectivity index (χ4v) is 1.90. The molecule has 0 radical (unpaired) electrons. The predicted molar refractivity (Wildman–Crippen MR) is 77.7 cm³/mol. The van der Waals surface area contributed by atoms with Crippen LogP contribution in [0.25, 0.3) is 0 Å². The number of esters is 1. The first-order valence-electron chi connectivity index (χ1n) is 6.31. The number of rotatable bonds is 4. The maximum absolute atomic E-state index is 11.7. The average Bonchev–Trinajstić information content (AvgIpc) is 2.47. The van der Waals surface area contributed by atoms with E-state index in [-0.39, 0.29) is 6.10 Å². The summed E-state index contributed by atoms with van der Waals surface area (Å²) in [6.45, 7) is 1.92. The molecule has 0 heterocycles. The van der Waals surface area contributed by atoms with Crippen LogP contribution >= 0.6 is 0 Å². The third kappa shape index (κ3) is 3.09. The van der Waals surface area contributed by atoms with E-state index in [0.717, 1.165) is 5.56 Å². The Kier molecular flexibility index (Phi) is 4.25. The number of hydrogen-bond acceptors (Lipinski definition) is 4. The normalized spacial score (nSPS) is 11.7. The highest BCUT2D eigenvalue weighted by atomic mass is 16.5. The number of carbonyl (C=O) groups is 1. The first-order valence-corrected chi connectivity index (χ1v) is 6.31. The highest BCUT2D eigenvalue weighted by Gasteiger charge is 2.16. The summed E-state index contributed by atoms with van der Waals surface area (Å²) in [6.07, 6.45) is -0.193. The summed E-state index contributed by atoms with van der Waals surface area (Å²) in [5.41, 5.74) is 7.67. The van der Waals surface area contributed by atoms with E-state index in [9.17, 15) is 4.79 Å². The Hall–Kier alpha value is -2.49. The monoisotopic (exact) mass is 271 g/mol. The van der Waals surface area contributed by atoms with Crippen molar-refractivity contribution in [2.75, 3.05) is 12.8 Å². The third-order valence-corrected chi connectivity index (χ3v) is 2.98. The maximum Gasteiger partial charge on any atom is 0.341 e. The molecule has 0 aliphatic heterocycles. The van der Waals surface area contributed by atoms with E-state index >= 15 is 0 Å². The number of nitrogen functional groups attached to an aromatic ring is 1. The van der Waals surface area contributed by atoms with Crippen molar-refractivity contribution in [2.24, 2.45) is 0 Å². The third-order valence-electron chi connectivity index (χ3n) is 2.98. The van der Waals surface area contributed by atoms with E-state index in [2.05, 4.69) is 0 Å². The Labute approximate surface area is 118 Å². The minimum Gasteiger partial charge on any atom is -0.485 e. The molecule has 4 nitrogen and oxygen atoms in total. The Morgan fingerprint density at radius 1 is 1.15 bits per heavy atom. The Morgan fingerprint density at radius 3 is 2.50 bits per heavy atom. The van der Waals surface area contributed by atoms with Crippen molar-refractivity contribution >= 4 is 11.7 Å². The minimum absolute atomic E-state index is 0.193. The van der Waals surface area contributed by atoms with Crippen LogP contribution in [0, 0.1) is 0 Å². The fraction of sp³-hybridized carbons (Fsp3) is 0.188. The van der Waals surface area contributed by atoms with Crippen LogP contribution in [0.5, 0.6) is 5.75 Å². The standard InChI is InChI=1S/C16H17NO3/c1-11(12-6-4-3-5-7-12)20-15-10-13(17)8-9-14(15)16(18)19-2/h3-11H,17H2,1-2H3. The predicted octanol–water partition coefficient (Wildman–Crippen LogP) is 3.20. The zero-order valence-corrected chi connectivity index (χ0v) is 11.5. The number of benzene rings is 2. The van der Waals surface area contributed by atoms with E-state index in [1.807, 2.05) is 37.3 Å². The van der Waals surface area contributed by atoms with Crippen molar-refractivity contribution in [3.05, 3.63) is 59.7 Å². The quantitative estimate of drug-likeness (QED) is 0.685. The van der Waals surface area contributed by atoms with Gasteiger partial charge in [0.1, 0.15) is 17.4 Å². The lowest BCUT2D eigenvalue weighted by Gasteiger charge is -2.17. The molecule has 0 fully saturated rings. The van der Waals surface area contributed by atoms with Crippen LogP contribution < -0.4 is 10.5 Å².